The molecule has 0 aromatic heterocycles. The summed E-state index contributed by atoms with van der Waals surface area (Å²) in [6.45, 7) is 13.9. The Morgan fingerprint density at radius 1 is 1.18 bits per heavy atom. The fraction of sp³-hybridized carbons (Fsp3) is 0.818. The monoisotopic (exact) mass is 152 g/mol. The fourth-order valence-corrected chi connectivity index (χ4v) is 1.99. The Bertz CT molecular complexity index is 203. The number of hydrogen-bond donors (Lipinski definition) is 0. The first-order valence-electron chi connectivity index (χ1n) is 4.46. The van der Waals surface area contributed by atoms with E-state index in [1.54, 1.807) is 11.1 Å². The third kappa shape index (κ3) is 1.04. The molecular weight excluding hydrogens is 132 g/mol. The molecule has 64 valence electrons. The molecule has 1 aliphatic carbocycles. The standard InChI is InChI=1S/C11H20/c1-8-7-11(6,9(8)2)10(3,4)5/h7H2,1-6H3. The van der Waals surface area contributed by atoms with Crippen LogP contribution in [0, 0.1) is 10.8 Å². The zero-order valence-electron chi connectivity index (χ0n) is 8.71. The van der Waals surface area contributed by atoms with Gasteiger partial charge in [0.05, 0.1) is 0 Å². The summed E-state index contributed by atoms with van der Waals surface area (Å²) in [7, 11) is 0. The van der Waals surface area contributed by atoms with Crippen molar-refractivity contribution in [1.29, 1.82) is 0 Å². The van der Waals surface area contributed by atoms with Gasteiger partial charge in [0.2, 0.25) is 0 Å². The molecule has 0 spiro atoms. The van der Waals surface area contributed by atoms with E-state index < -0.39 is 0 Å². The van der Waals surface area contributed by atoms with Gasteiger partial charge in [-0.2, -0.15) is 0 Å². The SMILES string of the molecule is CC1=C(C)C(C)(C(C)(C)C)C1. The lowest BCUT2D eigenvalue weighted by molar-refractivity contribution is 0.124. The minimum absolute atomic E-state index is 0.427. The van der Waals surface area contributed by atoms with Crippen molar-refractivity contribution in [1.82, 2.24) is 0 Å². The molecule has 11 heavy (non-hydrogen) atoms. The number of allylic oxidation sites excluding steroid dienone is 2. The van der Waals surface area contributed by atoms with Crippen molar-refractivity contribution in [2.24, 2.45) is 10.8 Å². The molecule has 1 aliphatic rings. The zero-order chi connectivity index (χ0) is 8.86. The fourth-order valence-electron chi connectivity index (χ4n) is 1.99. The lowest BCUT2D eigenvalue weighted by Crippen LogP contribution is -2.40. The Kier molecular flexibility index (Phi) is 1.70. The van der Waals surface area contributed by atoms with Crippen LogP contribution in [0.5, 0.6) is 0 Å². The summed E-state index contributed by atoms with van der Waals surface area (Å²) in [5.41, 5.74) is 4.11. The van der Waals surface area contributed by atoms with Crippen LogP contribution in [-0.4, -0.2) is 0 Å². The molecule has 0 N–H and O–H groups in total. The lowest BCUT2D eigenvalue weighted by Gasteiger charge is -2.51. The van der Waals surface area contributed by atoms with Crippen molar-refractivity contribution in [2.45, 2.75) is 48.0 Å². The maximum Gasteiger partial charge on any atom is -0.00310 e. The Morgan fingerprint density at radius 2 is 1.64 bits per heavy atom. The average Bonchev–Trinajstić information content (AvgIpc) is 1.85. The van der Waals surface area contributed by atoms with E-state index in [1.807, 2.05) is 0 Å². The first kappa shape index (κ1) is 8.83. The van der Waals surface area contributed by atoms with E-state index in [1.165, 1.54) is 6.42 Å². The number of rotatable bonds is 0. The molecular formula is C11H20. The third-order valence-electron chi connectivity index (χ3n) is 3.74. The van der Waals surface area contributed by atoms with Gasteiger partial charge in [-0.15, -0.1) is 0 Å². The normalized spacial score (nSPS) is 32.2. The molecule has 0 amide bonds. The molecule has 0 aromatic rings. The predicted octanol–water partition coefficient (Wildman–Crippen LogP) is 3.78. The Labute approximate surface area is 70.7 Å². The average molecular weight is 152 g/mol. The second-order valence-electron chi connectivity index (χ2n) is 5.16. The van der Waals surface area contributed by atoms with Gasteiger partial charge in [-0.05, 0) is 31.1 Å². The zero-order valence-corrected chi connectivity index (χ0v) is 8.71. The molecule has 1 unspecified atom stereocenters. The Hall–Kier alpha value is -0.260. The van der Waals surface area contributed by atoms with E-state index in [-0.39, 0.29) is 0 Å². The van der Waals surface area contributed by atoms with E-state index in [4.69, 9.17) is 0 Å². The van der Waals surface area contributed by atoms with Gasteiger partial charge in [0.1, 0.15) is 0 Å². The van der Waals surface area contributed by atoms with Crippen molar-refractivity contribution < 1.29 is 0 Å². The van der Waals surface area contributed by atoms with E-state index in [2.05, 4.69) is 41.5 Å². The summed E-state index contributed by atoms with van der Waals surface area (Å²) in [5, 5.41) is 0. The molecule has 0 nitrogen and oxygen atoms in total. The summed E-state index contributed by atoms with van der Waals surface area (Å²) in [6.07, 6.45) is 1.29. The summed E-state index contributed by atoms with van der Waals surface area (Å²) in [5.74, 6) is 0. The quantitative estimate of drug-likeness (QED) is 0.463. The van der Waals surface area contributed by atoms with Crippen LogP contribution in [0.2, 0.25) is 0 Å². The molecule has 0 saturated carbocycles. The number of hydrogen-bond acceptors (Lipinski definition) is 0. The van der Waals surface area contributed by atoms with Crippen molar-refractivity contribution in [2.75, 3.05) is 0 Å². The van der Waals surface area contributed by atoms with Crippen LogP contribution in [0.4, 0.5) is 0 Å². The molecule has 0 heterocycles. The van der Waals surface area contributed by atoms with Gasteiger partial charge in [0.15, 0.2) is 0 Å². The van der Waals surface area contributed by atoms with Crippen LogP contribution in [0.25, 0.3) is 0 Å². The van der Waals surface area contributed by atoms with Gasteiger partial charge >= 0.3 is 0 Å². The highest BCUT2D eigenvalue weighted by molar-refractivity contribution is 5.32. The maximum absolute atomic E-state index is 2.38. The van der Waals surface area contributed by atoms with Crippen LogP contribution < -0.4 is 0 Å². The van der Waals surface area contributed by atoms with Gasteiger partial charge in [-0.1, -0.05) is 38.8 Å². The summed E-state index contributed by atoms with van der Waals surface area (Å²) in [4.78, 5) is 0. The van der Waals surface area contributed by atoms with Crippen LogP contribution in [0.15, 0.2) is 11.1 Å². The molecule has 0 bridgehead atoms. The molecule has 0 heteroatoms. The predicted molar refractivity (Wildman–Crippen MR) is 50.6 cm³/mol. The molecule has 0 fully saturated rings. The van der Waals surface area contributed by atoms with Crippen LogP contribution in [-0.2, 0) is 0 Å². The second-order valence-corrected chi connectivity index (χ2v) is 5.16. The van der Waals surface area contributed by atoms with Gasteiger partial charge in [-0.25, -0.2) is 0 Å². The van der Waals surface area contributed by atoms with Gasteiger partial charge in [-0.3, -0.25) is 0 Å². The maximum atomic E-state index is 2.38. The molecule has 0 aliphatic heterocycles. The van der Waals surface area contributed by atoms with Crippen LogP contribution >= 0.6 is 0 Å². The highest BCUT2D eigenvalue weighted by Gasteiger charge is 2.45. The smallest absolute Gasteiger partial charge is 0.00310 e. The van der Waals surface area contributed by atoms with Gasteiger partial charge < -0.3 is 0 Å². The Morgan fingerprint density at radius 3 is 1.73 bits per heavy atom. The van der Waals surface area contributed by atoms with E-state index in [0.29, 0.717) is 10.8 Å². The molecule has 1 rings (SSSR count). The van der Waals surface area contributed by atoms with Crippen molar-refractivity contribution >= 4 is 0 Å². The molecule has 0 radical (unpaired) electrons. The van der Waals surface area contributed by atoms with Crippen LogP contribution in [0.1, 0.15) is 48.0 Å². The molecule has 0 saturated heterocycles. The van der Waals surface area contributed by atoms with Crippen molar-refractivity contribution in [3.8, 4) is 0 Å². The van der Waals surface area contributed by atoms with Crippen molar-refractivity contribution in [3.05, 3.63) is 11.1 Å². The lowest BCUT2D eigenvalue weighted by atomic mass is 9.54. The van der Waals surface area contributed by atoms with E-state index in [9.17, 15) is 0 Å². The minimum Gasteiger partial charge on any atom is -0.0729 e. The first-order valence-corrected chi connectivity index (χ1v) is 4.46. The molecule has 0 aromatic carbocycles. The summed E-state index contributed by atoms with van der Waals surface area (Å²) < 4.78 is 0. The topological polar surface area (TPSA) is 0 Å². The minimum atomic E-state index is 0.427. The second kappa shape index (κ2) is 2.12. The Balaban J connectivity index is 2.93. The van der Waals surface area contributed by atoms with Crippen LogP contribution in [0.3, 0.4) is 0 Å². The third-order valence-corrected chi connectivity index (χ3v) is 3.74. The van der Waals surface area contributed by atoms with E-state index in [0.717, 1.165) is 0 Å². The summed E-state index contributed by atoms with van der Waals surface area (Å²) in [6, 6.07) is 0. The largest absolute Gasteiger partial charge is 0.0729 e. The van der Waals surface area contributed by atoms with E-state index >= 15 is 0 Å². The summed E-state index contributed by atoms with van der Waals surface area (Å²) >= 11 is 0. The highest BCUT2D eigenvalue weighted by Crippen LogP contribution is 2.56. The highest BCUT2D eigenvalue weighted by atomic mass is 14.5. The van der Waals surface area contributed by atoms with Crippen molar-refractivity contribution in [3.63, 3.8) is 0 Å². The van der Waals surface area contributed by atoms with Gasteiger partial charge in [0, 0.05) is 0 Å². The first-order chi connectivity index (χ1) is 4.79. The molecule has 1 atom stereocenters. The van der Waals surface area contributed by atoms with Gasteiger partial charge in [0.25, 0.3) is 0 Å².